The van der Waals surface area contributed by atoms with Gasteiger partial charge in [-0.1, -0.05) is 218 Å². The van der Waals surface area contributed by atoms with Crippen molar-refractivity contribution < 1.29 is 78.9 Å². The van der Waals surface area contributed by atoms with Crippen molar-refractivity contribution in [3.05, 3.63) is 242 Å². The molecule has 1 unspecified atom stereocenters. The number of carboxylic acids is 3. The third-order valence-electron chi connectivity index (χ3n) is 21.6. The Morgan fingerprint density at radius 3 is 1.78 bits per heavy atom. The minimum atomic E-state index is -4.43. The number of nitrogens with zero attached hydrogens (tertiary/aromatic N) is 9. The van der Waals surface area contributed by atoms with Gasteiger partial charge in [-0.25, -0.2) is 29.9 Å². The molecule has 4 aliphatic rings. The Morgan fingerprint density at radius 2 is 1.20 bits per heavy atom. The normalized spacial score (nSPS) is 15.9. The van der Waals surface area contributed by atoms with Crippen molar-refractivity contribution in [3.8, 4) is 5.75 Å². The fourth-order valence-electron chi connectivity index (χ4n) is 16.0. The Bertz CT molecular complexity index is 5840. The lowest BCUT2D eigenvalue weighted by molar-refractivity contribution is -0.153. The number of pyridine rings is 1. The number of hydrogen-bond donors (Lipinski definition) is 3. The molecule has 8 aromatic carbocycles. The van der Waals surface area contributed by atoms with Gasteiger partial charge in [0.2, 0.25) is 15.9 Å². The van der Waals surface area contributed by atoms with Crippen LogP contribution < -0.4 is 13.3 Å². The Labute approximate surface area is 753 Å². The molecule has 5 heterocycles. The molecule has 2 amide bonds. The average molecular weight is 1810 g/mol. The number of anilines is 2. The number of hydrogen-bond acceptors (Lipinski definition) is 17. The minimum Gasteiger partial charge on any atom is -0.488 e. The van der Waals surface area contributed by atoms with E-state index < -0.39 is 84.6 Å². The molecule has 26 nitrogen and oxygen atoms in total. The molecule has 0 bridgehead atoms. The molecule has 1 saturated carbocycles. The van der Waals surface area contributed by atoms with Crippen LogP contribution in [0.5, 0.6) is 5.75 Å². The maximum atomic E-state index is 13.9. The van der Waals surface area contributed by atoms with Crippen molar-refractivity contribution in [2.75, 3.05) is 41.3 Å². The Balaban J connectivity index is 0.000000468. The summed E-state index contributed by atoms with van der Waals surface area (Å²) >= 11 is 0. The number of aliphatic carboxylic acids is 3. The number of Topliss-reactive ketones (excluding diaryl/α,β-unsaturated/α-hetero) is 2. The van der Waals surface area contributed by atoms with Gasteiger partial charge >= 0.3 is 17.9 Å². The number of carbonyl (C=O) groups is 7. The first kappa shape index (κ1) is 110. The van der Waals surface area contributed by atoms with Crippen molar-refractivity contribution in [1.82, 2.24) is 34.1 Å². The van der Waals surface area contributed by atoms with Crippen LogP contribution in [0, 0.1) is 46.5 Å². The highest BCUT2D eigenvalue weighted by atomic mass is 32.2. The SMILES string of the molecule is C.C.C.C.C.C.CC.CC.CC.CC(=O)Cc1ccc(S(=O)(=O)N(CC(=O)O)c2ccc(N(CC(C)=O)S(=O)(=O)c3ccc(C)cc3)c3ccccc23)cc1.Cc1ccc([C@H](CC(=O)O)c2cc(C)c3c(c2)nnn3C)cc1CN1C[C@@H](C)Oc2ccncc2S1(=O)=O.Cc1ccc2c(c1)CN(CC1c3cccc(C)c3CCN1C(=O)[C@@H]1CCCC[C@@H]1C(=O)O)C2=O. The minimum absolute atomic E-state index is 0. The second-order valence-corrected chi connectivity index (χ2v) is 35.7. The smallest absolute Gasteiger partial charge is 0.324 e. The highest BCUT2D eigenvalue weighted by Crippen LogP contribution is 2.43. The molecule has 3 N–H and O–H groups in total. The predicted octanol–water partition coefficient (Wildman–Crippen LogP) is 19.1. The largest absolute Gasteiger partial charge is 0.488 e. The number of benzene rings is 8. The fraction of sp³-hybridized carbons (Fsp3) is 0.408. The van der Waals surface area contributed by atoms with Gasteiger partial charge in [0.15, 0.2) is 0 Å². The number of ether oxygens (including phenoxy) is 1. The zero-order valence-electron chi connectivity index (χ0n) is 71.3. The Kier molecular flexibility index (Phi) is 41.3. The van der Waals surface area contributed by atoms with Crippen LogP contribution in [0.4, 0.5) is 11.4 Å². The third-order valence-corrected chi connectivity index (χ3v) is 27.0. The number of rotatable bonds is 22. The average Bonchev–Trinajstić information content (AvgIpc) is 1.46. The van der Waals surface area contributed by atoms with Gasteiger partial charge in [0.05, 0.1) is 70.3 Å². The van der Waals surface area contributed by atoms with Crippen LogP contribution in [-0.2, 0) is 91.8 Å². The summed E-state index contributed by atoms with van der Waals surface area (Å²) in [6, 6.07) is 43.8. The van der Waals surface area contributed by atoms with Gasteiger partial charge in [-0.05, 0) is 185 Å². The van der Waals surface area contributed by atoms with E-state index in [0.717, 1.165) is 89.0 Å². The Morgan fingerprint density at radius 1 is 0.622 bits per heavy atom. The van der Waals surface area contributed by atoms with Crippen molar-refractivity contribution in [3.63, 3.8) is 0 Å². The van der Waals surface area contributed by atoms with Crippen molar-refractivity contribution in [1.29, 1.82) is 0 Å². The molecule has 1 aliphatic carbocycles. The number of amides is 2. The summed E-state index contributed by atoms with van der Waals surface area (Å²) < 4.78 is 93.0. The van der Waals surface area contributed by atoms with Crippen LogP contribution in [0.25, 0.3) is 21.8 Å². The summed E-state index contributed by atoms with van der Waals surface area (Å²) in [6.07, 6.45) is 6.11. The summed E-state index contributed by atoms with van der Waals surface area (Å²) in [6.45, 7) is 26.7. The van der Waals surface area contributed by atoms with Gasteiger partial charge in [0.1, 0.15) is 40.4 Å². The summed E-state index contributed by atoms with van der Waals surface area (Å²) in [5, 5.41) is 38.1. The number of carbonyl (C=O) groups excluding carboxylic acids is 4. The number of carboxylic acid groups (broad SMARTS) is 3. The van der Waals surface area contributed by atoms with Crippen LogP contribution in [0.15, 0.2) is 185 Å². The molecule has 3 aliphatic heterocycles. The van der Waals surface area contributed by atoms with E-state index in [0.29, 0.717) is 48.9 Å². The van der Waals surface area contributed by atoms with Crippen LogP contribution in [-0.4, -0.2) is 155 Å². The van der Waals surface area contributed by atoms with Crippen molar-refractivity contribution in [2.24, 2.45) is 18.9 Å². The second kappa shape index (κ2) is 47.9. The summed E-state index contributed by atoms with van der Waals surface area (Å²) in [7, 11) is -10.7. The van der Waals surface area contributed by atoms with E-state index in [1.54, 1.807) is 47.1 Å². The number of fused-ring (bicyclic) bond motifs is 5. The van der Waals surface area contributed by atoms with E-state index in [-0.39, 0.29) is 137 Å². The van der Waals surface area contributed by atoms with Crippen LogP contribution in [0.2, 0.25) is 0 Å². The molecule has 0 saturated heterocycles. The molecule has 10 aromatic rings. The molecule has 2 aromatic heterocycles. The summed E-state index contributed by atoms with van der Waals surface area (Å²) in [5.74, 6) is -5.08. The Hall–Kier alpha value is -11.5. The van der Waals surface area contributed by atoms with E-state index >= 15 is 0 Å². The van der Waals surface area contributed by atoms with Gasteiger partial charge in [-0.15, -0.1) is 5.10 Å². The number of ketones is 2. The van der Waals surface area contributed by atoms with Gasteiger partial charge in [-0.3, -0.25) is 47.2 Å². The standard InChI is InChI=1S/C31H30N2O8S2.C28H32N2O4.C27H29N5O5S.3C2H6.6CH4/c1-21-8-12-25(13-9-21)42(38,39)32(19-23(3)35)29-16-17-30(28-7-5-4-6-27(28)29)33(20-31(36)37)43(40,41)26-14-10-24(11-15-26)18-22(2)34;1-17-10-11-21-19(14-17)15-29(26(21)31)16-25-22-9-5-6-18(2)20(22)12-13-30(25)27(32)23-7-3-4-8-24(23)28(33)34;1-16-5-6-19(22(12-26(33)34)20-9-17(2)27-23(11-20)29-30-31(27)4)10-21(16)15-32-14-18(3)37-24-7-8-28-13-25(24)38(32,35)36;3*1-2;;;;;;/h4-17H,18-20H2,1-3H3,(H,36,37);5-6,9-11,14,23-25H,3-4,7-8,12-13,15-16H2,1-2H3,(H,33,34);5-11,13,18,22H,12,14-15H2,1-4H3,(H,33,34);3*1-2H3;6*1H4/t;23-,24+,25?;18-,22+;;;;;;;;;/m.11........./s1. The van der Waals surface area contributed by atoms with Crippen LogP contribution in [0.3, 0.4) is 0 Å². The molecule has 0 radical (unpaired) electrons. The van der Waals surface area contributed by atoms with Gasteiger partial charge < -0.3 is 29.9 Å². The molecule has 690 valence electrons. The molecule has 5 atom stereocenters. The molecule has 127 heavy (non-hydrogen) atoms. The zero-order chi connectivity index (χ0) is 88.7. The van der Waals surface area contributed by atoms with Gasteiger partial charge in [-0.2, -0.15) is 4.31 Å². The first-order chi connectivity index (χ1) is 57.6. The zero-order valence-corrected chi connectivity index (χ0v) is 73.7. The molecular formula is C98H133N9O17S3. The fourth-order valence-corrected chi connectivity index (χ4v) is 20.5. The lowest BCUT2D eigenvalue weighted by atomic mass is 9.77. The molecule has 1 fully saturated rings. The lowest BCUT2D eigenvalue weighted by Crippen LogP contribution is -2.49. The first-order valence-electron chi connectivity index (χ1n) is 40.8. The first-order valence-corrected chi connectivity index (χ1v) is 45.1. The number of aromatic nitrogens is 4. The van der Waals surface area contributed by atoms with E-state index in [9.17, 15) is 74.1 Å². The van der Waals surface area contributed by atoms with E-state index in [1.807, 2.05) is 142 Å². The van der Waals surface area contributed by atoms with Crippen molar-refractivity contribution in [2.45, 2.75) is 232 Å². The predicted molar refractivity (Wildman–Crippen MR) is 507 cm³/mol. The number of sulfonamides is 3. The van der Waals surface area contributed by atoms with Crippen molar-refractivity contribution >= 4 is 105 Å². The maximum Gasteiger partial charge on any atom is 0.324 e. The summed E-state index contributed by atoms with van der Waals surface area (Å²) in [4.78, 5) is 94.1. The summed E-state index contributed by atoms with van der Waals surface area (Å²) in [5.41, 5.74) is 13.8. The molecule has 0 spiro atoms. The van der Waals surface area contributed by atoms with E-state index in [4.69, 9.17) is 4.74 Å². The monoisotopic (exact) mass is 1800 g/mol. The topological polar surface area (TPSA) is 352 Å². The lowest BCUT2D eigenvalue weighted by Gasteiger charge is -2.42. The highest BCUT2D eigenvalue weighted by Gasteiger charge is 2.44. The van der Waals surface area contributed by atoms with E-state index in [2.05, 4.69) is 40.4 Å². The number of aryl methyl sites for hydroxylation is 6. The molecular weight excluding hydrogens is 1670 g/mol. The van der Waals surface area contributed by atoms with Crippen LogP contribution >= 0.6 is 0 Å². The second-order valence-electron chi connectivity index (χ2n) is 30.0. The van der Waals surface area contributed by atoms with Gasteiger partial charge in [0.25, 0.3) is 26.0 Å². The highest BCUT2D eigenvalue weighted by molar-refractivity contribution is 7.93. The molecule has 14 rings (SSSR count). The maximum absolute atomic E-state index is 13.9. The quantitative estimate of drug-likeness (QED) is 0.0567. The third kappa shape index (κ3) is 25.0. The van der Waals surface area contributed by atoms with Crippen LogP contribution in [0.1, 0.15) is 228 Å². The van der Waals surface area contributed by atoms with E-state index in [1.165, 1.54) is 90.2 Å². The van der Waals surface area contributed by atoms with Gasteiger partial charge in [0, 0.05) is 68.1 Å². The molecule has 29 heteroatoms.